The van der Waals surface area contributed by atoms with Crippen molar-refractivity contribution < 1.29 is 21.9 Å². The van der Waals surface area contributed by atoms with Gasteiger partial charge in [0.15, 0.2) is 9.84 Å². The van der Waals surface area contributed by atoms with E-state index in [-0.39, 0.29) is 24.3 Å². The molecule has 0 rings (SSSR count). The third kappa shape index (κ3) is 5.81. The molecule has 1 N–H and O–H groups in total. The Kier molecular flexibility index (Phi) is 5.92. The Bertz CT molecular complexity index is 396. The van der Waals surface area contributed by atoms with E-state index in [9.17, 15) is 21.9 Å². The maximum Gasteiger partial charge on any atom is 0.152 e. The highest BCUT2D eigenvalue weighted by atomic mass is 32.2. The molecule has 0 aromatic carbocycles. The second kappa shape index (κ2) is 5.97. The van der Waals surface area contributed by atoms with Gasteiger partial charge in [-0.3, -0.25) is 0 Å². The van der Waals surface area contributed by atoms with Crippen molar-refractivity contribution >= 4 is 19.7 Å². The van der Waals surface area contributed by atoms with Crippen molar-refractivity contribution in [1.29, 1.82) is 0 Å². The van der Waals surface area contributed by atoms with Gasteiger partial charge in [0, 0.05) is 12.0 Å². The van der Waals surface area contributed by atoms with Crippen molar-refractivity contribution in [3.8, 4) is 0 Å². The quantitative estimate of drug-likeness (QED) is 0.704. The molecule has 0 heterocycles. The van der Waals surface area contributed by atoms with Gasteiger partial charge in [-0.2, -0.15) is 0 Å². The second-order valence-electron chi connectivity index (χ2n) is 3.98. The van der Waals surface area contributed by atoms with E-state index in [1.54, 1.807) is 6.92 Å². The first-order chi connectivity index (χ1) is 7.10. The molecule has 2 atom stereocenters. The minimum Gasteiger partial charge on any atom is -0.392 e. The summed E-state index contributed by atoms with van der Waals surface area (Å²) in [6.45, 7) is 2.99. The fraction of sp³-hybridized carbons (Fsp3) is 1.00. The van der Waals surface area contributed by atoms with E-state index in [4.69, 9.17) is 0 Å². The standard InChI is InChI=1S/C9H20O5S2/c1-4-16(13,14)7-5-6-9(10)8(2)15(3,11)12/h8-10H,4-7H2,1-3H3. The Labute approximate surface area is 97.7 Å². The van der Waals surface area contributed by atoms with Crippen LogP contribution < -0.4 is 0 Å². The normalized spacial score (nSPS) is 17.0. The molecule has 0 aliphatic heterocycles. The van der Waals surface area contributed by atoms with Gasteiger partial charge >= 0.3 is 0 Å². The third-order valence-corrected chi connectivity index (χ3v) is 6.07. The summed E-state index contributed by atoms with van der Waals surface area (Å²) in [6.07, 6.45) is 0.538. The first-order valence-electron chi connectivity index (χ1n) is 5.17. The zero-order valence-corrected chi connectivity index (χ0v) is 11.5. The topological polar surface area (TPSA) is 88.5 Å². The smallest absolute Gasteiger partial charge is 0.152 e. The average Bonchev–Trinajstić information content (AvgIpc) is 2.14. The van der Waals surface area contributed by atoms with Crippen molar-refractivity contribution in [2.24, 2.45) is 0 Å². The minimum absolute atomic E-state index is 0.00293. The largest absolute Gasteiger partial charge is 0.392 e. The molecule has 0 aromatic heterocycles. The summed E-state index contributed by atoms with van der Waals surface area (Å²) in [4.78, 5) is 0. The summed E-state index contributed by atoms with van der Waals surface area (Å²) in [5, 5.41) is 8.70. The molecular formula is C9H20O5S2. The van der Waals surface area contributed by atoms with Crippen LogP contribution in [0.4, 0.5) is 0 Å². The fourth-order valence-corrected chi connectivity index (χ4v) is 2.78. The minimum atomic E-state index is -3.27. The number of sulfone groups is 2. The summed E-state index contributed by atoms with van der Waals surface area (Å²) in [5.41, 5.74) is 0. The number of hydrogen-bond acceptors (Lipinski definition) is 5. The fourth-order valence-electron chi connectivity index (χ4n) is 1.18. The van der Waals surface area contributed by atoms with Crippen LogP contribution in [0.15, 0.2) is 0 Å². The van der Waals surface area contributed by atoms with Crippen LogP contribution in [-0.2, 0) is 19.7 Å². The summed E-state index contributed by atoms with van der Waals surface area (Å²) in [6, 6.07) is 0. The Morgan fingerprint density at radius 3 is 2.06 bits per heavy atom. The molecule has 0 saturated heterocycles. The molecule has 5 nitrogen and oxygen atoms in total. The number of rotatable bonds is 7. The predicted octanol–water partition coefficient (Wildman–Crippen LogP) is -0.00470. The monoisotopic (exact) mass is 272 g/mol. The van der Waals surface area contributed by atoms with Gasteiger partial charge in [0.1, 0.15) is 9.84 Å². The van der Waals surface area contributed by atoms with E-state index >= 15 is 0 Å². The van der Waals surface area contributed by atoms with Crippen LogP contribution in [-0.4, -0.2) is 51.1 Å². The van der Waals surface area contributed by atoms with Crippen LogP contribution in [0.3, 0.4) is 0 Å². The SMILES string of the molecule is CCS(=O)(=O)CCCC(O)C(C)S(C)(=O)=O. The van der Waals surface area contributed by atoms with Gasteiger partial charge in [-0.1, -0.05) is 6.92 Å². The van der Waals surface area contributed by atoms with Crippen LogP contribution in [0, 0.1) is 0 Å². The van der Waals surface area contributed by atoms with Crippen LogP contribution >= 0.6 is 0 Å². The van der Waals surface area contributed by atoms with Crippen molar-refractivity contribution in [3.63, 3.8) is 0 Å². The Balaban J connectivity index is 4.15. The van der Waals surface area contributed by atoms with E-state index in [2.05, 4.69) is 0 Å². The Morgan fingerprint density at radius 2 is 1.69 bits per heavy atom. The molecule has 0 aliphatic rings. The van der Waals surface area contributed by atoms with E-state index in [0.29, 0.717) is 0 Å². The van der Waals surface area contributed by atoms with E-state index in [1.807, 2.05) is 0 Å². The number of hydrogen-bond donors (Lipinski definition) is 1. The maximum absolute atomic E-state index is 11.1. The van der Waals surface area contributed by atoms with Gasteiger partial charge in [-0.15, -0.1) is 0 Å². The van der Waals surface area contributed by atoms with E-state index < -0.39 is 31.0 Å². The average molecular weight is 272 g/mol. The summed E-state index contributed by atoms with van der Waals surface area (Å²) in [7, 11) is -6.31. The lowest BCUT2D eigenvalue weighted by molar-refractivity contribution is 0.162. The number of aliphatic hydroxyl groups is 1. The van der Waals surface area contributed by atoms with Gasteiger partial charge in [-0.25, -0.2) is 16.8 Å². The summed E-state index contributed by atoms with van der Waals surface area (Å²) >= 11 is 0. The van der Waals surface area contributed by atoms with Crippen LogP contribution in [0.1, 0.15) is 26.7 Å². The highest BCUT2D eigenvalue weighted by molar-refractivity contribution is 7.91. The van der Waals surface area contributed by atoms with Gasteiger partial charge in [-0.05, 0) is 19.8 Å². The van der Waals surface area contributed by atoms with Crippen molar-refractivity contribution in [2.45, 2.75) is 38.0 Å². The molecule has 0 bridgehead atoms. The molecule has 0 radical (unpaired) electrons. The molecule has 0 amide bonds. The highest BCUT2D eigenvalue weighted by Crippen LogP contribution is 2.10. The molecule has 98 valence electrons. The Morgan fingerprint density at radius 1 is 1.19 bits per heavy atom. The van der Waals surface area contributed by atoms with Crippen molar-refractivity contribution in [2.75, 3.05) is 17.8 Å². The molecule has 0 aromatic rings. The lowest BCUT2D eigenvalue weighted by atomic mass is 10.1. The number of aliphatic hydroxyl groups excluding tert-OH is 1. The summed E-state index contributed by atoms with van der Waals surface area (Å²) in [5.74, 6) is 0.0712. The lowest BCUT2D eigenvalue weighted by Crippen LogP contribution is -2.31. The molecule has 0 aliphatic carbocycles. The first-order valence-corrected chi connectivity index (χ1v) is 8.95. The van der Waals surface area contributed by atoms with Crippen LogP contribution in [0.2, 0.25) is 0 Å². The third-order valence-electron chi connectivity index (χ3n) is 2.61. The van der Waals surface area contributed by atoms with E-state index in [0.717, 1.165) is 6.26 Å². The lowest BCUT2D eigenvalue weighted by Gasteiger charge is -2.16. The van der Waals surface area contributed by atoms with Gasteiger partial charge in [0.25, 0.3) is 0 Å². The van der Waals surface area contributed by atoms with Gasteiger partial charge in [0.2, 0.25) is 0 Å². The zero-order chi connectivity index (χ0) is 13.0. The first kappa shape index (κ1) is 15.9. The second-order valence-corrected chi connectivity index (χ2v) is 8.86. The molecule has 0 fully saturated rings. The van der Waals surface area contributed by atoms with Crippen LogP contribution in [0.25, 0.3) is 0 Å². The van der Waals surface area contributed by atoms with Gasteiger partial charge in [0.05, 0.1) is 17.1 Å². The molecule has 7 heteroatoms. The zero-order valence-electron chi connectivity index (χ0n) is 9.88. The Hall–Kier alpha value is -0.140. The predicted molar refractivity (Wildman–Crippen MR) is 63.9 cm³/mol. The van der Waals surface area contributed by atoms with Crippen molar-refractivity contribution in [3.05, 3.63) is 0 Å². The van der Waals surface area contributed by atoms with Crippen LogP contribution in [0.5, 0.6) is 0 Å². The maximum atomic E-state index is 11.1. The molecule has 16 heavy (non-hydrogen) atoms. The molecular weight excluding hydrogens is 252 g/mol. The molecule has 0 spiro atoms. The van der Waals surface area contributed by atoms with Crippen molar-refractivity contribution in [1.82, 2.24) is 0 Å². The summed E-state index contributed by atoms with van der Waals surface area (Å²) < 4.78 is 44.5. The molecule has 2 unspecified atom stereocenters. The van der Waals surface area contributed by atoms with Gasteiger partial charge < -0.3 is 5.11 Å². The van der Waals surface area contributed by atoms with E-state index in [1.165, 1.54) is 6.92 Å². The highest BCUT2D eigenvalue weighted by Gasteiger charge is 2.23. The molecule has 0 saturated carbocycles.